The molecule has 0 unspecified atom stereocenters. The largest absolute Gasteiger partial charge is 0.308 e. The smallest absolute Gasteiger partial charge is 0.190 e. The summed E-state index contributed by atoms with van der Waals surface area (Å²) in [5.41, 5.74) is 2.50. The molecule has 0 saturated carbocycles. The number of rotatable bonds is 5. The van der Waals surface area contributed by atoms with Crippen LogP contribution in [0.2, 0.25) is 0 Å². The maximum atomic E-state index is 12.8. The molecule has 2 rings (SSSR count). The van der Waals surface area contributed by atoms with Crippen LogP contribution >= 0.6 is 12.4 Å². The van der Waals surface area contributed by atoms with E-state index in [1.807, 2.05) is 66.7 Å². The molecule has 0 bridgehead atoms. The minimum Gasteiger partial charge on any atom is -0.308 e. The number of halogens is 1. The average molecular weight is 330 g/mol. The van der Waals surface area contributed by atoms with Crippen molar-refractivity contribution >= 4 is 24.3 Å². The third-order valence-corrected chi connectivity index (χ3v) is 3.28. The van der Waals surface area contributed by atoms with Crippen LogP contribution in [0.15, 0.2) is 66.2 Å². The SMILES string of the molecule is CC(C)(C)NC/C(=C\c1ccccc1)C(=O)c1ccccc1.Cl. The van der Waals surface area contributed by atoms with Gasteiger partial charge in [0.15, 0.2) is 5.78 Å². The predicted octanol–water partition coefficient (Wildman–Crippen LogP) is 4.76. The molecule has 0 fully saturated rings. The van der Waals surface area contributed by atoms with E-state index in [0.717, 1.165) is 16.7 Å². The van der Waals surface area contributed by atoms with Crippen LogP contribution in [0.3, 0.4) is 0 Å². The summed E-state index contributed by atoms with van der Waals surface area (Å²) in [5, 5.41) is 3.40. The molecule has 0 aromatic heterocycles. The molecule has 0 aliphatic rings. The molecule has 0 radical (unpaired) electrons. The lowest BCUT2D eigenvalue weighted by Gasteiger charge is -2.21. The van der Waals surface area contributed by atoms with Crippen molar-refractivity contribution < 1.29 is 4.79 Å². The molecular weight excluding hydrogens is 306 g/mol. The fourth-order valence-corrected chi connectivity index (χ4v) is 2.08. The second-order valence-electron chi connectivity index (χ2n) is 6.38. The Balaban J connectivity index is 0.00000264. The molecule has 0 atom stereocenters. The predicted molar refractivity (Wildman–Crippen MR) is 100 cm³/mol. The number of carbonyl (C=O) groups excluding carboxylic acids is 1. The summed E-state index contributed by atoms with van der Waals surface area (Å²) in [7, 11) is 0. The molecular formula is C20H24ClNO. The first kappa shape index (κ1) is 19.1. The van der Waals surface area contributed by atoms with Crippen LogP contribution < -0.4 is 5.32 Å². The standard InChI is InChI=1S/C20H23NO.ClH/c1-20(2,3)21-15-18(14-16-10-6-4-7-11-16)19(22)17-12-8-5-9-13-17;/h4-14,21H,15H2,1-3H3;1H/b18-14+;. The van der Waals surface area contributed by atoms with Gasteiger partial charge in [0.1, 0.15) is 0 Å². The van der Waals surface area contributed by atoms with Crippen molar-refractivity contribution in [3.05, 3.63) is 77.4 Å². The Morgan fingerprint density at radius 3 is 2.00 bits per heavy atom. The molecule has 0 amide bonds. The van der Waals surface area contributed by atoms with Gasteiger partial charge in [0.05, 0.1) is 0 Å². The third kappa shape index (κ3) is 6.39. The lowest BCUT2D eigenvalue weighted by Crippen LogP contribution is -2.38. The van der Waals surface area contributed by atoms with E-state index >= 15 is 0 Å². The first-order chi connectivity index (χ1) is 10.5. The zero-order valence-electron chi connectivity index (χ0n) is 13.9. The molecule has 2 aromatic carbocycles. The van der Waals surface area contributed by atoms with Crippen molar-refractivity contribution in [2.75, 3.05) is 6.54 Å². The number of nitrogens with one attached hydrogen (secondary N) is 1. The van der Waals surface area contributed by atoms with Crippen LogP contribution in [-0.4, -0.2) is 17.9 Å². The molecule has 122 valence electrons. The zero-order valence-corrected chi connectivity index (χ0v) is 14.7. The number of ketones is 1. The van der Waals surface area contributed by atoms with Gasteiger partial charge in [-0.15, -0.1) is 12.4 Å². The van der Waals surface area contributed by atoms with Gasteiger partial charge in [-0.25, -0.2) is 0 Å². The Labute approximate surface area is 145 Å². The highest BCUT2D eigenvalue weighted by Gasteiger charge is 2.15. The van der Waals surface area contributed by atoms with Gasteiger partial charge in [-0.05, 0) is 32.4 Å². The number of hydrogen-bond donors (Lipinski definition) is 1. The van der Waals surface area contributed by atoms with Gasteiger partial charge in [-0.1, -0.05) is 60.7 Å². The van der Waals surface area contributed by atoms with Crippen molar-refractivity contribution in [3.8, 4) is 0 Å². The summed E-state index contributed by atoms with van der Waals surface area (Å²) >= 11 is 0. The van der Waals surface area contributed by atoms with Crippen LogP contribution in [0.5, 0.6) is 0 Å². The fourth-order valence-electron chi connectivity index (χ4n) is 2.08. The maximum Gasteiger partial charge on any atom is 0.190 e. The number of carbonyl (C=O) groups is 1. The van der Waals surface area contributed by atoms with E-state index in [0.29, 0.717) is 6.54 Å². The maximum absolute atomic E-state index is 12.8. The van der Waals surface area contributed by atoms with E-state index in [1.54, 1.807) is 0 Å². The van der Waals surface area contributed by atoms with E-state index in [1.165, 1.54) is 0 Å². The van der Waals surface area contributed by atoms with Crippen molar-refractivity contribution in [1.29, 1.82) is 0 Å². The molecule has 0 saturated heterocycles. The quantitative estimate of drug-likeness (QED) is 0.632. The third-order valence-electron chi connectivity index (χ3n) is 3.28. The second-order valence-corrected chi connectivity index (χ2v) is 6.38. The van der Waals surface area contributed by atoms with E-state index in [9.17, 15) is 4.79 Å². The Bertz CT molecular complexity index is 642. The highest BCUT2D eigenvalue weighted by Crippen LogP contribution is 2.13. The lowest BCUT2D eigenvalue weighted by atomic mass is 9.99. The molecule has 1 N–H and O–H groups in total. The molecule has 2 nitrogen and oxygen atoms in total. The summed E-state index contributed by atoms with van der Waals surface area (Å²) in [6, 6.07) is 19.4. The van der Waals surface area contributed by atoms with Gasteiger partial charge in [-0.3, -0.25) is 4.79 Å². The number of Topliss-reactive ketones (excluding diaryl/α,β-unsaturated/α-hetero) is 1. The van der Waals surface area contributed by atoms with E-state index in [-0.39, 0.29) is 23.7 Å². The number of benzene rings is 2. The Kier molecular flexibility index (Phi) is 7.21. The Morgan fingerprint density at radius 2 is 1.48 bits per heavy atom. The molecule has 0 aliphatic heterocycles. The minimum atomic E-state index is -0.0350. The Morgan fingerprint density at radius 1 is 0.957 bits per heavy atom. The van der Waals surface area contributed by atoms with Crippen LogP contribution in [0.1, 0.15) is 36.7 Å². The normalized spacial score (nSPS) is 11.7. The summed E-state index contributed by atoms with van der Waals surface area (Å²) in [4.78, 5) is 12.8. The second kappa shape index (κ2) is 8.66. The minimum absolute atomic E-state index is 0. The monoisotopic (exact) mass is 329 g/mol. The molecule has 3 heteroatoms. The van der Waals surface area contributed by atoms with Crippen molar-refractivity contribution in [2.45, 2.75) is 26.3 Å². The highest BCUT2D eigenvalue weighted by atomic mass is 35.5. The van der Waals surface area contributed by atoms with Crippen LogP contribution in [0.25, 0.3) is 6.08 Å². The van der Waals surface area contributed by atoms with Crippen LogP contribution in [0.4, 0.5) is 0 Å². The van der Waals surface area contributed by atoms with Crippen molar-refractivity contribution in [1.82, 2.24) is 5.32 Å². The topological polar surface area (TPSA) is 29.1 Å². The van der Waals surface area contributed by atoms with Gasteiger partial charge in [0.2, 0.25) is 0 Å². The molecule has 0 spiro atoms. The molecule has 0 heterocycles. The van der Waals surface area contributed by atoms with E-state index in [2.05, 4.69) is 26.1 Å². The van der Waals surface area contributed by atoms with Crippen LogP contribution in [-0.2, 0) is 0 Å². The first-order valence-corrected chi connectivity index (χ1v) is 7.56. The lowest BCUT2D eigenvalue weighted by molar-refractivity contribution is 0.103. The van der Waals surface area contributed by atoms with Crippen LogP contribution in [0, 0.1) is 0 Å². The van der Waals surface area contributed by atoms with Gasteiger partial charge < -0.3 is 5.32 Å². The van der Waals surface area contributed by atoms with E-state index < -0.39 is 0 Å². The van der Waals surface area contributed by atoms with E-state index in [4.69, 9.17) is 0 Å². The molecule has 0 aliphatic carbocycles. The van der Waals surface area contributed by atoms with Gasteiger partial charge >= 0.3 is 0 Å². The van der Waals surface area contributed by atoms with Crippen molar-refractivity contribution in [2.24, 2.45) is 0 Å². The zero-order chi connectivity index (χ0) is 16.0. The Hall–Kier alpha value is -1.90. The molecule has 2 aromatic rings. The molecule has 23 heavy (non-hydrogen) atoms. The summed E-state index contributed by atoms with van der Waals surface area (Å²) in [5.74, 6) is 0.0706. The highest BCUT2D eigenvalue weighted by molar-refractivity contribution is 6.11. The summed E-state index contributed by atoms with van der Waals surface area (Å²) < 4.78 is 0. The van der Waals surface area contributed by atoms with Crippen molar-refractivity contribution in [3.63, 3.8) is 0 Å². The summed E-state index contributed by atoms with van der Waals surface area (Å²) in [6.07, 6.45) is 1.97. The first-order valence-electron chi connectivity index (χ1n) is 7.56. The average Bonchev–Trinajstić information content (AvgIpc) is 2.52. The van der Waals surface area contributed by atoms with Gasteiger partial charge in [0.25, 0.3) is 0 Å². The fraction of sp³-hybridized carbons (Fsp3) is 0.250. The van der Waals surface area contributed by atoms with Gasteiger partial charge in [-0.2, -0.15) is 0 Å². The summed E-state index contributed by atoms with van der Waals surface area (Å²) in [6.45, 7) is 6.84. The van der Waals surface area contributed by atoms with Gasteiger partial charge in [0, 0.05) is 23.2 Å². The number of hydrogen-bond acceptors (Lipinski definition) is 2.